The zero-order valence-electron chi connectivity index (χ0n) is 14.3. The minimum Gasteiger partial charge on any atom is -0.497 e. The first-order chi connectivity index (χ1) is 12.2. The molecule has 1 atom stereocenters. The highest BCUT2D eigenvalue weighted by Crippen LogP contribution is 2.25. The van der Waals surface area contributed by atoms with Crippen molar-refractivity contribution in [1.29, 1.82) is 0 Å². The van der Waals surface area contributed by atoms with E-state index in [1.165, 1.54) is 0 Å². The summed E-state index contributed by atoms with van der Waals surface area (Å²) < 4.78 is 5.21. The number of amides is 2. The second-order valence-corrected chi connectivity index (χ2v) is 6.16. The Kier molecular flexibility index (Phi) is 5.33. The van der Waals surface area contributed by atoms with E-state index in [-0.39, 0.29) is 17.9 Å². The van der Waals surface area contributed by atoms with Crippen LogP contribution in [0, 0.1) is 0 Å². The minimum absolute atomic E-state index is 0.0154. The molecule has 2 aromatic carbocycles. The van der Waals surface area contributed by atoms with Gasteiger partial charge in [0.2, 0.25) is 11.8 Å². The van der Waals surface area contributed by atoms with E-state index >= 15 is 0 Å². The number of carbonyl (C=O) groups excluding carboxylic acids is 2. The van der Waals surface area contributed by atoms with Gasteiger partial charge < -0.3 is 15.0 Å². The van der Waals surface area contributed by atoms with Gasteiger partial charge in [0.15, 0.2) is 0 Å². The van der Waals surface area contributed by atoms with Crippen molar-refractivity contribution in [3.05, 3.63) is 60.2 Å². The Hall–Kier alpha value is -2.82. The standard InChI is InChI=1S/C20H22N2O3/c1-25-18-9-5-8-17(13-18)22-14-16(12-20(22)24)21-19(23)11-10-15-6-3-2-4-7-15/h2-9,13,16H,10-12,14H2,1H3,(H,21,23)/t16-/m1/s1. The monoisotopic (exact) mass is 338 g/mol. The summed E-state index contributed by atoms with van der Waals surface area (Å²) in [6.07, 6.45) is 1.45. The topological polar surface area (TPSA) is 58.6 Å². The number of anilines is 1. The molecule has 2 aromatic rings. The predicted octanol–water partition coefficient (Wildman–Crippen LogP) is 2.55. The van der Waals surface area contributed by atoms with E-state index in [1.807, 2.05) is 54.6 Å². The molecule has 2 amide bonds. The summed E-state index contributed by atoms with van der Waals surface area (Å²) in [6, 6.07) is 17.2. The van der Waals surface area contributed by atoms with Gasteiger partial charge in [0.05, 0.1) is 13.2 Å². The fourth-order valence-corrected chi connectivity index (χ4v) is 3.03. The summed E-state index contributed by atoms with van der Waals surface area (Å²) in [7, 11) is 1.60. The van der Waals surface area contributed by atoms with E-state index in [1.54, 1.807) is 12.0 Å². The van der Waals surface area contributed by atoms with Crippen molar-refractivity contribution < 1.29 is 14.3 Å². The second-order valence-electron chi connectivity index (χ2n) is 6.16. The van der Waals surface area contributed by atoms with Crippen LogP contribution in [0.5, 0.6) is 5.75 Å². The van der Waals surface area contributed by atoms with Crippen LogP contribution in [-0.2, 0) is 16.0 Å². The van der Waals surface area contributed by atoms with E-state index in [2.05, 4.69) is 5.32 Å². The van der Waals surface area contributed by atoms with E-state index in [9.17, 15) is 9.59 Å². The van der Waals surface area contributed by atoms with Crippen molar-refractivity contribution in [3.63, 3.8) is 0 Å². The van der Waals surface area contributed by atoms with Crippen molar-refractivity contribution in [1.82, 2.24) is 5.32 Å². The first-order valence-electron chi connectivity index (χ1n) is 8.43. The van der Waals surface area contributed by atoms with Gasteiger partial charge in [0.25, 0.3) is 0 Å². The third-order valence-corrected chi connectivity index (χ3v) is 4.34. The molecular weight excluding hydrogens is 316 g/mol. The quantitative estimate of drug-likeness (QED) is 0.881. The molecule has 3 rings (SSSR count). The number of carbonyl (C=O) groups is 2. The number of ether oxygens (including phenoxy) is 1. The first kappa shape index (κ1) is 17.0. The van der Waals surface area contributed by atoms with Crippen LogP contribution >= 0.6 is 0 Å². The maximum atomic E-state index is 12.3. The lowest BCUT2D eigenvalue weighted by Crippen LogP contribution is -2.37. The average Bonchev–Trinajstić information content (AvgIpc) is 3.01. The third kappa shape index (κ3) is 4.38. The SMILES string of the molecule is COc1cccc(N2C[C@H](NC(=O)CCc3ccccc3)CC2=O)c1. The van der Waals surface area contributed by atoms with E-state index in [0.717, 1.165) is 11.3 Å². The molecule has 1 N–H and O–H groups in total. The number of benzene rings is 2. The van der Waals surface area contributed by atoms with Gasteiger partial charge in [0.1, 0.15) is 5.75 Å². The fourth-order valence-electron chi connectivity index (χ4n) is 3.03. The van der Waals surface area contributed by atoms with Crippen molar-refractivity contribution >= 4 is 17.5 Å². The molecule has 0 spiro atoms. The zero-order valence-corrected chi connectivity index (χ0v) is 14.3. The largest absolute Gasteiger partial charge is 0.497 e. The molecule has 0 aromatic heterocycles. The van der Waals surface area contributed by atoms with E-state index < -0.39 is 0 Å². The van der Waals surface area contributed by atoms with Crippen LogP contribution in [0.25, 0.3) is 0 Å². The van der Waals surface area contributed by atoms with Gasteiger partial charge in [-0.05, 0) is 24.1 Å². The molecule has 5 heteroatoms. The lowest BCUT2D eigenvalue weighted by atomic mass is 10.1. The van der Waals surface area contributed by atoms with Gasteiger partial charge in [-0.25, -0.2) is 0 Å². The predicted molar refractivity (Wildman–Crippen MR) is 96.7 cm³/mol. The number of methoxy groups -OCH3 is 1. The molecule has 0 aliphatic carbocycles. The van der Waals surface area contributed by atoms with Crippen LogP contribution in [0.1, 0.15) is 18.4 Å². The molecule has 1 saturated heterocycles. The average molecular weight is 338 g/mol. The molecule has 130 valence electrons. The van der Waals surface area contributed by atoms with Crippen molar-refractivity contribution in [2.45, 2.75) is 25.3 Å². The molecule has 5 nitrogen and oxygen atoms in total. The number of hydrogen-bond acceptors (Lipinski definition) is 3. The van der Waals surface area contributed by atoms with Crippen LogP contribution < -0.4 is 15.0 Å². The summed E-state index contributed by atoms with van der Waals surface area (Å²) in [5, 5.41) is 2.98. The van der Waals surface area contributed by atoms with Crippen LogP contribution in [0.2, 0.25) is 0 Å². The Morgan fingerprint density at radius 2 is 2.00 bits per heavy atom. The normalized spacial score (nSPS) is 16.8. The van der Waals surface area contributed by atoms with E-state index in [4.69, 9.17) is 4.74 Å². The molecule has 1 heterocycles. The fraction of sp³-hybridized carbons (Fsp3) is 0.300. The summed E-state index contributed by atoms with van der Waals surface area (Å²) in [4.78, 5) is 26.1. The second kappa shape index (κ2) is 7.83. The highest BCUT2D eigenvalue weighted by molar-refractivity contribution is 5.97. The van der Waals surface area contributed by atoms with Gasteiger partial charge in [-0.15, -0.1) is 0 Å². The van der Waals surface area contributed by atoms with Gasteiger partial charge >= 0.3 is 0 Å². The van der Waals surface area contributed by atoms with Crippen LogP contribution in [0.15, 0.2) is 54.6 Å². The highest BCUT2D eigenvalue weighted by Gasteiger charge is 2.31. The van der Waals surface area contributed by atoms with Gasteiger partial charge in [0, 0.05) is 31.1 Å². The number of nitrogens with zero attached hydrogens (tertiary/aromatic N) is 1. The number of nitrogens with one attached hydrogen (secondary N) is 1. The van der Waals surface area contributed by atoms with E-state index in [0.29, 0.717) is 31.6 Å². The van der Waals surface area contributed by atoms with Crippen LogP contribution in [-0.4, -0.2) is 31.5 Å². The Bertz CT molecular complexity index is 746. The van der Waals surface area contributed by atoms with Gasteiger partial charge in [-0.1, -0.05) is 36.4 Å². The summed E-state index contributed by atoms with van der Waals surface area (Å²) in [5.41, 5.74) is 1.93. The Morgan fingerprint density at radius 1 is 1.20 bits per heavy atom. The lowest BCUT2D eigenvalue weighted by molar-refractivity contribution is -0.121. The summed E-state index contributed by atoms with van der Waals surface area (Å²) >= 11 is 0. The maximum absolute atomic E-state index is 12.3. The molecule has 0 bridgehead atoms. The molecule has 0 radical (unpaired) electrons. The Morgan fingerprint density at radius 3 is 2.76 bits per heavy atom. The summed E-state index contributed by atoms with van der Waals surface area (Å²) in [5.74, 6) is 0.705. The minimum atomic E-state index is -0.151. The Labute approximate surface area is 147 Å². The molecule has 1 aliphatic rings. The van der Waals surface area contributed by atoms with Crippen molar-refractivity contribution in [3.8, 4) is 5.75 Å². The molecule has 1 fully saturated rings. The number of hydrogen-bond donors (Lipinski definition) is 1. The molecule has 0 unspecified atom stereocenters. The smallest absolute Gasteiger partial charge is 0.229 e. The van der Waals surface area contributed by atoms with Gasteiger partial charge in [-0.2, -0.15) is 0 Å². The first-order valence-corrected chi connectivity index (χ1v) is 8.43. The van der Waals surface area contributed by atoms with Crippen LogP contribution in [0.4, 0.5) is 5.69 Å². The maximum Gasteiger partial charge on any atom is 0.229 e. The van der Waals surface area contributed by atoms with Crippen molar-refractivity contribution in [2.24, 2.45) is 0 Å². The van der Waals surface area contributed by atoms with Crippen molar-refractivity contribution in [2.75, 3.05) is 18.6 Å². The number of aryl methyl sites for hydroxylation is 1. The van der Waals surface area contributed by atoms with Gasteiger partial charge in [-0.3, -0.25) is 9.59 Å². The lowest BCUT2D eigenvalue weighted by Gasteiger charge is -2.18. The molecule has 1 aliphatic heterocycles. The molecule has 0 saturated carbocycles. The summed E-state index contributed by atoms with van der Waals surface area (Å²) in [6.45, 7) is 0.489. The zero-order chi connectivity index (χ0) is 17.6. The third-order valence-electron chi connectivity index (χ3n) is 4.34. The Balaban J connectivity index is 1.54. The number of rotatable bonds is 6. The molecule has 25 heavy (non-hydrogen) atoms. The highest BCUT2D eigenvalue weighted by atomic mass is 16.5. The van der Waals surface area contributed by atoms with Crippen LogP contribution in [0.3, 0.4) is 0 Å². The molecular formula is C20H22N2O3.